The SMILES string of the molecule is CCCc1nc(C(=O)N[C@@H]2CN[C@H](C(=O)O)C2)cs1. The second kappa shape index (κ2) is 6.12. The Morgan fingerprint density at radius 1 is 1.63 bits per heavy atom. The summed E-state index contributed by atoms with van der Waals surface area (Å²) in [4.78, 5) is 27.0. The summed E-state index contributed by atoms with van der Waals surface area (Å²) in [6.07, 6.45) is 2.29. The topological polar surface area (TPSA) is 91.3 Å². The Labute approximate surface area is 115 Å². The van der Waals surface area contributed by atoms with Crippen LogP contribution < -0.4 is 10.6 Å². The van der Waals surface area contributed by atoms with Gasteiger partial charge in [0.25, 0.3) is 5.91 Å². The fourth-order valence-electron chi connectivity index (χ4n) is 2.04. The van der Waals surface area contributed by atoms with E-state index in [1.54, 1.807) is 5.38 Å². The lowest BCUT2D eigenvalue weighted by molar-refractivity contribution is -0.139. The van der Waals surface area contributed by atoms with Crippen LogP contribution >= 0.6 is 11.3 Å². The minimum atomic E-state index is -0.879. The molecule has 19 heavy (non-hydrogen) atoms. The predicted molar refractivity (Wildman–Crippen MR) is 71.4 cm³/mol. The van der Waals surface area contributed by atoms with Crippen molar-refractivity contribution in [2.75, 3.05) is 6.54 Å². The van der Waals surface area contributed by atoms with Crippen LogP contribution in [-0.2, 0) is 11.2 Å². The first kappa shape index (κ1) is 14.0. The number of hydrogen-bond acceptors (Lipinski definition) is 5. The summed E-state index contributed by atoms with van der Waals surface area (Å²) in [6, 6.07) is -0.721. The number of carboxylic acid groups (broad SMARTS) is 1. The number of rotatable bonds is 5. The van der Waals surface area contributed by atoms with Crippen LogP contribution in [0.4, 0.5) is 0 Å². The number of carbonyl (C=O) groups is 2. The van der Waals surface area contributed by atoms with Crippen molar-refractivity contribution in [1.82, 2.24) is 15.6 Å². The van der Waals surface area contributed by atoms with Crippen molar-refractivity contribution in [3.05, 3.63) is 16.1 Å². The molecular formula is C12H17N3O3S. The third-order valence-corrected chi connectivity index (χ3v) is 3.92. The largest absolute Gasteiger partial charge is 0.480 e. The van der Waals surface area contributed by atoms with E-state index in [0.29, 0.717) is 18.7 Å². The molecule has 0 bridgehead atoms. The Bertz CT molecular complexity index is 475. The molecule has 1 aliphatic rings. The molecule has 1 aliphatic heterocycles. The maximum absolute atomic E-state index is 12.0. The van der Waals surface area contributed by atoms with E-state index < -0.39 is 12.0 Å². The van der Waals surface area contributed by atoms with E-state index in [1.165, 1.54) is 11.3 Å². The Morgan fingerprint density at radius 2 is 2.42 bits per heavy atom. The number of carboxylic acids is 1. The molecule has 7 heteroatoms. The minimum Gasteiger partial charge on any atom is -0.480 e. The first-order valence-corrected chi connectivity index (χ1v) is 7.19. The molecule has 0 saturated carbocycles. The van der Waals surface area contributed by atoms with Gasteiger partial charge in [0.05, 0.1) is 5.01 Å². The van der Waals surface area contributed by atoms with Gasteiger partial charge in [0.15, 0.2) is 0 Å². The van der Waals surface area contributed by atoms with Gasteiger partial charge in [0, 0.05) is 18.0 Å². The zero-order valence-electron chi connectivity index (χ0n) is 10.7. The second-order valence-electron chi connectivity index (χ2n) is 4.58. The summed E-state index contributed by atoms with van der Waals surface area (Å²) in [5.41, 5.74) is 0.423. The van der Waals surface area contributed by atoms with Crippen LogP contribution in [0, 0.1) is 0 Å². The summed E-state index contributed by atoms with van der Waals surface area (Å²) in [5.74, 6) is -1.10. The average Bonchev–Trinajstić information content (AvgIpc) is 2.98. The van der Waals surface area contributed by atoms with Gasteiger partial charge in [-0.1, -0.05) is 6.92 Å². The van der Waals surface area contributed by atoms with Crippen LogP contribution in [0.15, 0.2) is 5.38 Å². The van der Waals surface area contributed by atoms with Gasteiger partial charge < -0.3 is 15.7 Å². The van der Waals surface area contributed by atoms with Gasteiger partial charge in [-0.3, -0.25) is 9.59 Å². The van der Waals surface area contributed by atoms with Gasteiger partial charge in [-0.2, -0.15) is 0 Å². The van der Waals surface area contributed by atoms with Crippen LogP contribution in [0.5, 0.6) is 0 Å². The fraction of sp³-hybridized carbons (Fsp3) is 0.583. The summed E-state index contributed by atoms with van der Waals surface area (Å²) in [5, 5.41) is 17.2. The number of aryl methyl sites for hydroxylation is 1. The van der Waals surface area contributed by atoms with Crippen molar-refractivity contribution < 1.29 is 14.7 Å². The van der Waals surface area contributed by atoms with E-state index in [1.807, 2.05) is 0 Å². The number of thiazole rings is 1. The normalized spacial score (nSPS) is 22.4. The molecule has 0 spiro atoms. The van der Waals surface area contributed by atoms with Gasteiger partial charge in [-0.25, -0.2) is 4.98 Å². The zero-order chi connectivity index (χ0) is 13.8. The van der Waals surface area contributed by atoms with Crippen molar-refractivity contribution in [1.29, 1.82) is 0 Å². The number of nitrogens with zero attached hydrogens (tertiary/aromatic N) is 1. The van der Waals surface area contributed by atoms with E-state index in [9.17, 15) is 9.59 Å². The summed E-state index contributed by atoms with van der Waals surface area (Å²) >= 11 is 1.48. The highest BCUT2D eigenvalue weighted by molar-refractivity contribution is 7.09. The molecule has 1 aromatic heterocycles. The molecule has 0 aliphatic carbocycles. The zero-order valence-corrected chi connectivity index (χ0v) is 11.5. The van der Waals surface area contributed by atoms with Gasteiger partial charge in [0.1, 0.15) is 11.7 Å². The number of aromatic nitrogens is 1. The van der Waals surface area contributed by atoms with Crippen LogP contribution in [0.25, 0.3) is 0 Å². The minimum absolute atomic E-state index is 0.148. The van der Waals surface area contributed by atoms with Gasteiger partial charge in [-0.15, -0.1) is 11.3 Å². The highest BCUT2D eigenvalue weighted by Gasteiger charge is 2.30. The third-order valence-electron chi connectivity index (χ3n) is 3.01. The van der Waals surface area contributed by atoms with Crippen molar-refractivity contribution in [3.8, 4) is 0 Å². The molecule has 1 amide bonds. The molecule has 1 saturated heterocycles. The van der Waals surface area contributed by atoms with Gasteiger partial charge >= 0.3 is 5.97 Å². The first-order valence-electron chi connectivity index (χ1n) is 6.31. The Hall–Kier alpha value is -1.47. The third kappa shape index (κ3) is 3.51. The second-order valence-corrected chi connectivity index (χ2v) is 5.52. The molecule has 1 aromatic rings. The van der Waals surface area contributed by atoms with Crippen molar-refractivity contribution in [3.63, 3.8) is 0 Å². The molecule has 104 valence electrons. The molecular weight excluding hydrogens is 266 g/mol. The number of hydrogen-bond donors (Lipinski definition) is 3. The molecule has 3 N–H and O–H groups in total. The molecule has 2 heterocycles. The predicted octanol–water partition coefficient (Wildman–Crippen LogP) is 0.640. The molecule has 0 unspecified atom stereocenters. The smallest absolute Gasteiger partial charge is 0.320 e. The lowest BCUT2D eigenvalue weighted by Crippen LogP contribution is -2.36. The molecule has 0 aromatic carbocycles. The number of aliphatic carboxylic acids is 1. The maximum atomic E-state index is 12.0. The van der Waals surface area contributed by atoms with Crippen LogP contribution in [-0.4, -0.2) is 40.6 Å². The molecule has 2 atom stereocenters. The molecule has 0 radical (unpaired) electrons. The van der Waals surface area contributed by atoms with Crippen LogP contribution in [0.1, 0.15) is 35.3 Å². The van der Waals surface area contributed by atoms with Crippen molar-refractivity contribution in [2.45, 2.75) is 38.3 Å². The molecule has 2 rings (SSSR count). The standard InChI is InChI=1S/C12H17N3O3S/c1-2-3-10-15-9(6-19-10)11(16)14-7-4-8(12(17)18)13-5-7/h6-8,13H,2-5H2,1H3,(H,14,16)(H,17,18)/t7-,8-/m0/s1. The van der Waals surface area contributed by atoms with Crippen LogP contribution in [0.3, 0.4) is 0 Å². The summed E-state index contributed by atoms with van der Waals surface area (Å²) in [7, 11) is 0. The quantitative estimate of drug-likeness (QED) is 0.737. The average molecular weight is 283 g/mol. The lowest BCUT2D eigenvalue weighted by atomic mass is 10.2. The van der Waals surface area contributed by atoms with E-state index in [-0.39, 0.29) is 11.9 Å². The van der Waals surface area contributed by atoms with Gasteiger partial charge in [-0.05, 0) is 19.3 Å². The summed E-state index contributed by atoms with van der Waals surface area (Å²) in [6.45, 7) is 2.55. The Kier molecular flexibility index (Phi) is 4.49. The number of nitrogens with one attached hydrogen (secondary N) is 2. The Balaban J connectivity index is 1.88. The number of carbonyl (C=O) groups excluding carboxylic acids is 1. The monoisotopic (exact) mass is 283 g/mol. The van der Waals surface area contributed by atoms with Crippen molar-refractivity contribution >= 4 is 23.2 Å². The van der Waals surface area contributed by atoms with Crippen molar-refractivity contribution in [2.24, 2.45) is 0 Å². The highest BCUT2D eigenvalue weighted by atomic mass is 32.1. The molecule has 6 nitrogen and oxygen atoms in total. The van der Waals surface area contributed by atoms with Crippen LogP contribution in [0.2, 0.25) is 0 Å². The molecule has 1 fully saturated rings. The lowest BCUT2D eigenvalue weighted by Gasteiger charge is -2.09. The van der Waals surface area contributed by atoms with E-state index >= 15 is 0 Å². The highest BCUT2D eigenvalue weighted by Crippen LogP contribution is 2.13. The maximum Gasteiger partial charge on any atom is 0.320 e. The van der Waals surface area contributed by atoms with E-state index in [4.69, 9.17) is 5.11 Å². The summed E-state index contributed by atoms with van der Waals surface area (Å²) < 4.78 is 0. The fourth-order valence-corrected chi connectivity index (χ4v) is 2.92. The van der Waals surface area contributed by atoms with E-state index in [2.05, 4.69) is 22.5 Å². The number of amides is 1. The Morgan fingerprint density at radius 3 is 3.05 bits per heavy atom. The van der Waals surface area contributed by atoms with Gasteiger partial charge in [0.2, 0.25) is 0 Å². The first-order chi connectivity index (χ1) is 9.10. The van der Waals surface area contributed by atoms with E-state index in [0.717, 1.165) is 17.8 Å².